The molecule has 0 saturated heterocycles. The first-order valence-corrected chi connectivity index (χ1v) is 9.23. The zero-order valence-corrected chi connectivity index (χ0v) is 16.7. The topological polar surface area (TPSA) is 102 Å². The summed E-state index contributed by atoms with van der Waals surface area (Å²) in [7, 11) is 3.10. The Morgan fingerprint density at radius 3 is 2.50 bits per heavy atom. The number of ether oxygens (including phenoxy) is 5. The Labute approximate surface area is 172 Å². The summed E-state index contributed by atoms with van der Waals surface area (Å²) in [6.45, 7) is 1.55. The van der Waals surface area contributed by atoms with Crippen LogP contribution in [0, 0.1) is 0 Å². The summed E-state index contributed by atoms with van der Waals surface area (Å²) in [4.78, 5) is 16.7. The lowest BCUT2D eigenvalue weighted by Gasteiger charge is -2.30. The molecule has 1 aliphatic heterocycles. The number of fused-ring (bicyclic) bond motifs is 1. The average molecular weight is 412 g/mol. The first-order chi connectivity index (χ1) is 14.6. The van der Waals surface area contributed by atoms with Crippen molar-refractivity contribution >= 4 is 5.97 Å². The van der Waals surface area contributed by atoms with Crippen LogP contribution in [0.5, 0.6) is 23.0 Å². The van der Waals surface area contributed by atoms with Crippen molar-refractivity contribution in [2.45, 2.75) is 25.7 Å². The number of rotatable bonds is 6. The fourth-order valence-electron chi connectivity index (χ4n) is 3.00. The summed E-state index contributed by atoms with van der Waals surface area (Å²) in [6, 6.07) is 12.4. The molecule has 0 amide bonds. The first kappa shape index (κ1) is 19.6. The third-order valence-electron chi connectivity index (χ3n) is 4.52. The van der Waals surface area contributed by atoms with Crippen LogP contribution >= 0.6 is 0 Å². The van der Waals surface area contributed by atoms with Crippen LogP contribution in [0.4, 0.5) is 0 Å². The predicted molar refractivity (Wildman–Crippen MR) is 104 cm³/mol. The van der Waals surface area contributed by atoms with E-state index < -0.39 is 18.2 Å². The molecule has 9 heteroatoms. The molecule has 4 rings (SSSR count). The van der Waals surface area contributed by atoms with Crippen LogP contribution < -0.4 is 18.9 Å². The van der Waals surface area contributed by atoms with E-state index in [-0.39, 0.29) is 12.5 Å². The summed E-state index contributed by atoms with van der Waals surface area (Å²) in [5.41, 5.74) is 0.670. The molecule has 0 fully saturated rings. The van der Waals surface area contributed by atoms with Gasteiger partial charge in [0.1, 0.15) is 6.10 Å². The maximum absolute atomic E-state index is 12.5. The molecule has 0 radical (unpaired) electrons. The van der Waals surface area contributed by atoms with Crippen molar-refractivity contribution in [2.75, 3.05) is 14.2 Å². The lowest BCUT2D eigenvalue weighted by molar-refractivity contribution is -0.159. The van der Waals surface area contributed by atoms with Crippen molar-refractivity contribution in [1.29, 1.82) is 0 Å². The molecule has 0 saturated carbocycles. The van der Waals surface area contributed by atoms with E-state index in [1.54, 1.807) is 57.5 Å². The van der Waals surface area contributed by atoms with Crippen LogP contribution in [-0.2, 0) is 16.1 Å². The molecule has 3 aromatic rings. The third kappa shape index (κ3) is 3.86. The number of aromatic nitrogens is 2. The highest BCUT2D eigenvalue weighted by atomic mass is 16.6. The van der Waals surface area contributed by atoms with E-state index in [4.69, 9.17) is 28.2 Å². The fourth-order valence-corrected chi connectivity index (χ4v) is 3.00. The second-order valence-corrected chi connectivity index (χ2v) is 6.50. The Bertz CT molecular complexity index is 1050. The smallest absolute Gasteiger partial charge is 0.351 e. The van der Waals surface area contributed by atoms with Gasteiger partial charge in [-0.15, -0.1) is 0 Å². The lowest BCUT2D eigenvalue weighted by Crippen LogP contribution is -2.44. The fraction of sp³-hybridized carbons (Fsp3) is 0.286. The van der Waals surface area contributed by atoms with Gasteiger partial charge in [0.05, 0.1) is 14.2 Å². The molecular formula is C21H20N2O7. The highest BCUT2D eigenvalue weighted by Crippen LogP contribution is 2.34. The minimum atomic E-state index is -0.895. The van der Waals surface area contributed by atoms with Gasteiger partial charge in [-0.25, -0.2) is 4.79 Å². The molecule has 2 aromatic carbocycles. The van der Waals surface area contributed by atoms with Crippen molar-refractivity contribution in [3.8, 4) is 34.4 Å². The van der Waals surface area contributed by atoms with Crippen molar-refractivity contribution in [3.05, 3.63) is 48.4 Å². The summed E-state index contributed by atoms with van der Waals surface area (Å²) < 4.78 is 32.4. The second kappa shape index (κ2) is 8.32. The Morgan fingerprint density at radius 1 is 1.03 bits per heavy atom. The highest BCUT2D eigenvalue weighted by Gasteiger charge is 2.35. The van der Waals surface area contributed by atoms with Gasteiger partial charge in [-0.3, -0.25) is 0 Å². The number of benzene rings is 2. The molecule has 9 nitrogen and oxygen atoms in total. The molecule has 0 N–H and O–H groups in total. The van der Waals surface area contributed by atoms with Crippen molar-refractivity contribution < 1.29 is 33.0 Å². The van der Waals surface area contributed by atoms with E-state index in [1.165, 1.54) is 0 Å². The highest BCUT2D eigenvalue weighted by molar-refractivity contribution is 5.76. The van der Waals surface area contributed by atoms with Gasteiger partial charge in [-0.05, 0) is 37.3 Å². The quantitative estimate of drug-likeness (QED) is 0.565. The van der Waals surface area contributed by atoms with Crippen LogP contribution in [0.1, 0.15) is 12.8 Å². The Morgan fingerprint density at radius 2 is 1.77 bits per heavy atom. The number of hydrogen-bond acceptors (Lipinski definition) is 9. The van der Waals surface area contributed by atoms with Gasteiger partial charge in [0, 0.05) is 5.56 Å². The van der Waals surface area contributed by atoms with Gasteiger partial charge < -0.3 is 28.2 Å². The molecule has 0 aliphatic carbocycles. The SMILES string of the molecule is COc1ccc(-c2noc(COC(=O)C3Oc4ccccc4OC3C)n2)cc1OC. The number of carbonyl (C=O) groups is 1. The molecule has 1 aromatic heterocycles. The van der Waals surface area contributed by atoms with E-state index in [9.17, 15) is 4.79 Å². The predicted octanol–water partition coefficient (Wildman–Crippen LogP) is 3.03. The van der Waals surface area contributed by atoms with Crippen molar-refractivity contribution in [2.24, 2.45) is 0 Å². The summed E-state index contributed by atoms with van der Waals surface area (Å²) in [5.74, 6) is 2.11. The van der Waals surface area contributed by atoms with Gasteiger partial charge >= 0.3 is 5.97 Å². The normalized spacial score (nSPS) is 17.3. The van der Waals surface area contributed by atoms with Gasteiger partial charge in [0.2, 0.25) is 11.9 Å². The molecule has 0 bridgehead atoms. The van der Waals surface area contributed by atoms with E-state index in [1.807, 2.05) is 6.07 Å². The first-order valence-electron chi connectivity index (χ1n) is 9.23. The van der Waals surface area contributed by atoms with Crippen LogP contribution in [-0.4, -0.2) is 42.5 Å². The molecule has 2 heterocycles. The Balaban J connectivity index is 1.41. The van der Waals surface area contributed by atoms with Gasteiger partial charge in [0.15, 0.2) is 29.6 Å². The van der Waals surface area contributed by atoms with Gasteiger partial charge in [0.25, 0.3) is 5.89 Å². The summed E-state index contributed by atoms with van der Waals surface area (Å²) in [6.07, 6.45) is -1.40. The number of carbonyl (C=O) groups excluding carboxylic acids is 1. The zero-order valence-electron chi connectivity index (χ0n) is 16.7. The standard InChI is InChI=1S/C21H20N2O7/c1-12-19(29-16-7-5-4-6-15(16)28-12)21(24)27-11-18-22-20(23-30-18)13-8-9-14(25-2)17(10-13)26-3/h4-10,12,19H,11H2,1-3H3. The maximum atomic E-state index is 12.5. The number of para-hydroxylation sites is 2. The average Bonchev–Trinajstić information content (AvgIpc) is 3.25. The third-order valence-corrected chi connectivity index (χ3v) is 4.52. The van der Waals surface area contributed by atoms with E-state index in [2.05, 4.69) is 10.1 Å². The molecule has 156 valence electrons. The Hall–Kier alpha value is -3.75. The molecule has 2 unspecified atom stereocenters. The van der Waals surface area contributed by atoms with E-state index in [0.29, 0.717) is 34.4 Å². The number of esters is 1. The molecule has 0 spiro atoms. The number of nitrogens with zero attached hydrogens (tertiary/aromatic N) is 2. The summed E-state index contributed by atoms with van der Waals surface area (Å²) >= 11 is 0. The van der Waals surface area contributed by atoms with Crippen molar-refractivity contribution in [3.63, 3.8) is 0 Å². The number of methoxy groups -OCH3 is 2. The molecular weight excluding hydrogens is 392 g/mol. The van der Waals surface area contributed by atoms with Gasteiger partial charge in [-0.2, -0.15) is 4.98 Å². The Kier molecular flexibility index (Phi) is 5.42. The lowest BCUT2D eigenvalue weighted by atomic mass is 10.2. The van der Waals surface area contributed by atoms with E-state index in [0.717, 1.165) is 0 Å². The number of hydrogen-bond donors (Lipinski definition) is 0. The maximum Gasteiger partial charge on any atom is 0.351 e. The monoisotopic (exact) mass is 412 g/mol. The largest absolute Gasteiger partial charge is 0.493 e. The van der Waals surface area contributed by atoms with Gasteiger partial charge in [-0.1, -0.05) is 17.3 Å². The van der Waals surface area contributed by atoms with Crippen LogP contribution in [0.15, 0.2) is 47.0 Å². The van der Waals surface area contributed by atoms with E-state index >= 15 is 0 Å². The van der Waals surface area contributed by atoms with Crippen molar-refractivity contribution in [1.82, 2.24) is 10.1 Å². The molecule has 1 aliphatic rings. The molecule has 2 atom stereocenters. The minimum Gasteiger partial charge on any atom is -0.493 e. The van der Waals surface area contributed by atoms with Crippen LogP contribution in [0.25, 0.3) is 11.4 Å². The van der Waals surface area contributed by atoms with Crippen LogP contribution in [0.2, 0.25) is 0 Å². The molecule has 30 heavy (non-hydrogen) atoms. The minimum absolute atomic E-state index is 0.151. The summed E-state index contributed by atoms with van der Waals surface area (Å²) in [5, 5.41) is 3.92. The van der Waals surface area contributed by atoms with Crippen LogP contribution in [0.3, 0.4) is 0 Å². The second-order valence-electron chi connectivity index (χ2n) is 6.50. The zero-order chi connectivity index (χ0) is 21.1.